The van der Waals surface area contributed by atoms with E-state index in [1.807, 2.05) is 24.3 Å². The van der Waals surface area contributed by atoms with Crippen LogP contribution in [-0.2, 0) is 4.79 Å². The molecule has 6 heteroatoms. The van der Waals surface area contributed by atoms with E-state index in [2.05, 4.69) is 13.8 Å². The normalized spacial score (nSPS) is 11.2. The summed E-state index contributed by atoms with van der Waals surface area (Å²) in [5.41, 5.74) is 2.08. The number of esters is 1. The lowest BCUT2D eigenvalue weighted by molar-refractivity contribution is -0.128. The molecule has 0 aliphatic carbocycles. The van der Waals surface area contributed by atoms with Crippen LogP contribution in [0.4, 0.5) is 0 Å². The SMILES string of the molecule is COc1ccc(Oc2coc3cc(OC(=O)/C=C/c4ccc(C(C)C)cc4)ccc3c2=O)cc1. The van der Waals surface area contributed by atoms with Gasteiger partial charge in [0.05, 0.1) is 12.5 Å². The Hall–Kier alpha value is -4.32. The number of hydrogen-bond donors (Lipinski definition) is 0. The quantitative estimate of drug-likeness (QED) is 0.184. The highest BCUT2D eigenvalue weighted by Gasteiger charge is 2.11. The second-order valence-corrected chi connectivity index (χ2v) is 7.94. The molecule has 0 amide bonds. The summed E-state index contributed by atoms with van der Waals surface area (Å²) >= 11 is 0. The van der Waals surface area contributed by atoms with Crippen LogP contribution in [-0.4, -0.2) is 13.1 Å². The lowest BCUT2D eigenvalue weighted by Crippen LogP contribution is -2.06. The van der Waals surface area contributed by atoms with Crippen molar-refractivity contribution < 1.29 is 23.4 Å². The van der Waals surface area contributed by atoms with Crippen LogP contribution in [0, 0.1) is 0 Å². The van der Waals surface area contributed by atoms with Crippen LogP contribution >= 0.6 is 0 Å². The summed E-state index contributed by atoms with van der Waals surface area (Å²) in [6, 6.07) is 19.4. The van der Waals surface area contributed by atoms with E-state index in [4.69, 9.17) is 18.6 Å². The van der Waals surface area contributed by atoms with Crippen LogP contribution in [0.1, 0.15) is 30.9 Å². The van der Waals surface area contributed by atoms with Crippen molar-refractivity contribution in [1.29, 1.82) is 0 Å². The van der Waals surface area contributed by atoms with E-state index in [1.54, 1.807) is 49.6 Å². The molecule has 172 valence electrons. The van der Waals surface area contributed by atoms with Crippen LogP contribution in [0.25, 0.3) is 17.0 Å². The Labute approximate surface area is 197 Å². The van der Waals surface area contributed by atoms with Gasteiger partial charge in [0.1, 0.15) is 29.1 Å². The largest absolute Gasteiger partial charge is 0.497 e. The van der Waals surface area contributed by atoms with E-state index < -0.39 is 5.97 Å². The zero-order chi connectivity index (χ0) is 24.1. The lowest BCUT2D eigenvalue weighted by atomic mass is 10.0. The Morgan fingerprint density at radius 1 is 0.912 bits per heavy atom. The average molecular weight is 456 g/mol. The maximum Gasteiger partial charge on any atom is 0.336 e. The summed E-state index contributed by atoms with van der Waals surface area (Å²) in [6.45, 7) is 4.26. The molecular formula is C28H24O6. The van der Waals surface area contributed by atoms with Crippen molar-refractivity contribution in [1.82, 2.24) is 0 Å². The van der Waals surface area contributed by atoms with E-state index >= 15 is 0 Å². The molecule has 4 rings (SSSR count). The van der Waals surface area contributed by atoms with E-state index in [0.717, 1.165) is 5.56 Å². The topological polar surface area (TPSA) is 75.0 Å². The lowest BCUT2D eigenvalue weighted by Gasteiger charge is -2.07. The fraction of sp³-hybridized carbons (Fsp3) is 0.143. The molecular weight excluding hydrogens is 432 g/mol. The predicted molar refractivity (Wildman–Crippen MR) is 131 cm³/mol. The number of methoxy groups -OCH3 is 1. The van der Waals surface area contributed by atoms with E-state index in [9.17, 15) is 9.59 Å². The second kappa shape index (κ2) is 10.1. The smallest absolute Gasteiger partial charge is 0.336 e. The second-order valence-electron chi connectivity index (χ2n) is 7.94. The van der Waals surface area contributed by atoms with Gasteiger partial charge in [-0.25, -0.2) is 4.79 Å². The fourth-order valence-electron chi connectivity index (χ4n) is 3.30. The standard InChI is InChI=1S/C28H24O6/c1-18(2)20-7-4-19(5-8-20)6-15-27(29)34-23-13-14-24-25(16-23)32-17-26(28(24)30)33-22-11-9-21(31-3)10-12-22/h4-18H,1-3H3/b15-6+. The summed E-state index contributed by atoms with van der Waals surface area (Å²) in [5.74, 6) is 1.38. The Morgan fingerprint density at radius 2 is 1.59 bits per heavy atom. The zero-order valence-electron chi connectivity index (χ0n) is 19.1. The van der Waals surface area contributed by atoms with Gasteiger partial charge in [0, 0.05) is 12.1 Å². The number of rotatable bonds is 7. The van der Waals surface area contributed by atoms with Crippen LogP contribution in [0.3, 0.4) is 0 Å². The molecule has 4 aromatic rings. The third kappa shape index (κ3) is 5.35. The minimum absolute atomic E-state index is 0.0498. The molecule has 0 saturated heterocycles. The average Bonchev–Trinajstić information content (AvgIpc) is 2.85. The van der Waals surface area contributed by atoms with Gasteiger partial charge < -0.3 is 18.6 Å². The molecule has 0 aliphatic rings. The Morgan fingerprint density at radius 3 is 2.26 bits per heavy atom. The minimum Gasteiger partial charge on any atom is -0.497 e. The third-order valence-electron chi connectivity index (χ3n) is 5.24. The van der Waals surface area contributed by atoms with Gasteiger partial charge in [-0.05, 0) is 59.5 Å². The number of hydrogen-bond acceptors (Lipinski definition) is 6. The fourth-order valence-corrected chi connectivity index (χ4v) is 3.30. The highest BCUT2D eigenvalue weighted by Crippen LogP contribution is 2.25. The van der Waals surface area contributed by atoms with E-state index in [-0.39, 0.29) is 22.5 Å². The van der Waals surface area contributed by atoms with Gasteiger partial charge in [-0.15, -0.1) is 0 Å². The van der Waals surface area contributed by atoms with Gasteiger partial charge >= 0.3 is 5.97 Å². The van der Waals surface area contributed by atoms with Crippen LogP contribution in [0.15, 0.2) is 88.3 Å². The third-order valence-corrected chi connectivity index (χ3v) is 5.24. The molecule has 3 aromatic carbocycles. The van der Waals surface area contributed by atoms with Crippen molar-refractivity contribution in [2.75, 3.05) is 7.11 Å². The van der Waals surface area contributed by atoms with Gasteiger partial charge in [-0.1, -0.05) is 38.1 Å². The molecule has 0 aliphatic heterocycles. The first-order valence-electron chi connectivity index (χ1n) is 10.8. The van der Waals surface area contributed by atoms with Crippen LogP contribution in [0.2, 0.25) is 0 Å². The van der Waals surface area contributed by atoms with Crippen molar-refractivity contribution in [2.24, 2.45) is 0 Å². The maximum absolute atomic E-state index is 12.8. The maximum atomic E-state index is 12.8. The molecule has 1 heterocycles. The molecule has 0 bridgehead atoms. The first-order chi connectivity index (χ1) is 16.4. The summed E-state index contributed by atoms with van der Waals surface area (Å²) < 4.78 is 21.7. The van der Waals surface area contributed by atoms with Crippen LogP contribution < -0.4 is 19.6 Å². The highest BCUT2D eigenvalue weighted by molar-refractivity contribution is 5.89. The number of ether oxygens (including phenoxy) is 3. The Balaban J connectivity index is 1.46. The van der Waals surface area contributed by atoms with Crippen molar-refractivity contribution >= 4 is 23.0 Å². The van der Waals surface area contributed by atoms with Crippen molar-refractivity contribution in [3.05, 3.63) is 100 Å². The molecule has 1 aromatic heterocycles. The Bertz CT molecular complexity index is 1380. The Kier molecular flexibility index (Phi) is 6.78. The molecule has 34 heavy (non-hydrogen) atoms. The van der Waals surface area contributed by atoms with Crippen molar-refractivity contribution in [3.8, 4) is 23.0 Å². The van der Waals surface area contributed by atoms with Gasteiger partial charge in [0.15, 0.2) is 0 Å². The predicted octanol–water partition coefficient (Wildman–Crippen LogP) is 6.34. The van der Waals surface area contributed by atoms with Gasteiger partial charge in [-0.2, -0.15) is 0 Å². The summed E-state index contributed by atoms with van der Waals surface area (Å²) in [6.07, 6.45) is 4.29. The summed E-state index contributed by atoms with van der Waals surface area (Å²) in [5, 5.41) is 0.312. The molecule has 0 unspecified atom stereocenters. The molecule has 0 spiro atoms. The van der Waals surface area contributed by atoms with Crippen molar-refractivity contribution in [2.45, 2.75) is 19.8 Å². The summed E-state index contributed by atoms with van der Waals surface area (Å²) in [7, 11) is 1.57. The van der Waals surface area contributed by atoms with E-state index in [0.29, 0.717) is 22.8 Å². The molecule has 0 radical (unpaired) electrons. The molecule has 0 fully saturated rings. The van der Waals surface area contributed by atoms with E-state index in [1.165, 1.54) is 24.0 Å². The zero-order valence-corrected chi connectivity index (χ0v) is 19.1. The number of carbonyl (C=O) groups is 1. The number of fused-ring (bicyclic) bond motifs is 1. The monoisotopic (exact) mass is 456 g/mol. The molecule has 6 nitrogen and oxygen atoms in total. The van der Waals surface area contributed by atoms with Gasteiger partial charge in [0.2, 0.25) is 11.2 Å². The molecule has 0 atom stereocenters. The van der Waals surface area contributed by atoms with Gasteiger partial charge in [0.25, 0.3) is 0 Å². The number of carbonyl (C=O) groups excluding carboxylic acids is 1. The summed E-state index contributed by atoms with van der Waals surface area (Å²) in [4.78, 5) is 25.0. The molecule has 0 saturated carbocycles. The first kappa shape index (κ1) is 22.9. The van der Waals surface area contributed by atoms with Crippen molar-refractivity contribution in [3.63, 3.8) is 0 Å². The first-order valence-corrected chi connectivity index (χ1v) is 10.8. The van der Waals surface area contributed by atoms with Crippen LogP contribution in [0.5, 0.6) is 23.0 Å². The number of benzene rings is 3. The molecule has 0 N–H and O–H groups in total. The minimum atomic E-state index is -0.533. The van der Waals surface area contributed by atoms with Gasteiger partial charge in [-0.3, -0.25) is 4.79 Å². The highest BCUT2D eigenvalue weighted by atomic mass is 16.5.